The van der Waals surface area contributed by atoms with Crippen molar-refractivity contribution in [2.75, 3.05) is 40.0 Å². The van der Waals surface area contributed by atoms with Gasteiger partial charge in [0.15, 0.2) is 0 Å². The summed E-state index contributed by atoms with van der Waals surface area (Å²) in [6.07, 6.45) is 1.64. The predicted molar refractivity (Wildman–Crippen MR) is 102 cm³/mol. The Kier molecular flexibility index (Phi) is 7.20. The van der Waals surface area contributed by atoms with Crippen LogP contribution in [0.25, 0.3) is 0 Å². The van der Waals surface area contributed by atoms with Gasteiger partial charge in [-0.25, -0.2) is 8.78 Å². The zero-order chi connectivity index (χ0) is 20.0. The van der Waals surface area contributed by atoms with Gasteiger partial charge in [-0.15, -0.1) is 0 Å². The highest BCUT2D eigenvalue weighted by Gasteiger charge is 2.42. The molecule has 1 aromatic rings. The van der Waals surface area contributed by atoms with Crippen LogP contribution in [0.3, 0.4) is 0 Å². The van der Waals surface area contributed by atoms with Gasteiger partial charge in [0.2, 0.25) is 5.91 Å². The van der Waals surface area contributed by atoms with Gasteiger partial charge in [0.05, 0.1) is 12.6 Å². The molecule has 2 heterocycles. The van der Waals surface area contributed by atoms with Crippen LogP contribution < -0.4 is 15.4 Å². The number of rotatable bonds is 8. The molecule has 2 fully saturated rings. The summed E-state index contributed by atoms with van der Waals surface area (Å²) in [5, 5.41) is 5.27. The number of nitrogens with one attached hydrogen (secondary N) is 2. The largest absolute Gasteiger partial charge is 0.492 e. The number of likely N-dealkylation sites (N-methyl/N-ethyl adjacent to an activating group) is 1. The topological polar surface area (TPSA) is 62.8 Å². The second-order valence-corrected chi connectivity index (χ2v) is 7.53. The zero-order valence-corrected chi connectivity index (χ0v) is 16.3. The van der Waals surface area contributed by atoms with Gasteiger partial charge in [-0.2, -0.15) is 0 Å². The van der Waals surface area contributed by atoms with Crippen LogP contribution in [0.4, 0.5) is 8.78 Å². The molecule has 0 radical (unpaired) electrons. The second kappa shape index (κ2) is 9.62. The number of hydrogen-bond donors (Lipinski definition) is 2. The summed E-state index contributed by atoms with van der Waals surface area (Å²) in [6, 6.07) is 7.18. The van der Waals surface area contributed by atoms with Gasteiger partial charge in [-0.3, -0.25) is 15.0 Å². The molecule has 6 nitrogen and oxygen atoms in total. The molecule has 2 aliphatic heterocycles. The number of benzene rings is 1. The van der Waals surface area contributed by atoms with Crippen molar-refractivity contribution in [3.05, 3.63) is 29.8 Å². The lowest BCUT2D eigenvalue weighted by atomic mass is 10.1. The molecule has 1 atom stereocenters. The molecule has 0 spiro atoms. The first-order valence-electron chi connectivity index (χ1n) is 9.82. The molecule has 1 amide bonds. The Morgan fingerprint density at radius 1 is 1.39 bits per heavy atom. The van der Waals surface area contributed by atoms with Gasteiger partial charge in [0, 0.05) is 38.8 Å². The number of carbonyl (C=O) groups excluding carboxylic acids is 1. The van der Waals surface area contributed by atoms with Crippen LogP contribution in [-0.4, -0.2) is 68.8 Å². The smallest absolute Gasteiger partial charge is 0.262 e. The average Bonchev–Trinajstić information content (AvgIpc) is 3.07. The maximum atomic E-state index is 13.2. The first-order valence-corrected chi connectivity index (χ1v) is 9.82. The van der Waals surface area contributed by atoms with E-state index in [1.54, 1.807) is 0 Å². The number of nitrogens with zero attached hydrogens (tertiary/aromatic N) is 1. The first-order chi connectivity index (χ1) is 13.4. The van der Waals surface area contributed by atoms with Crippen molar-refractivity contribution in [1.82, 2.24) is 15.5 Å². The summed E-state index contributed by atoms with van der Waals surface area (Å²) in [5.41, 5.74) is 0.869. The summed E-state index contributed by atoms with van der Waals surface area (Å²) < 4.78 is 37.6. The third kappa shape index (κ3) is 6.12. The summed E-state index contributed by atoms with van der Waals surface area (Å²) in [4.78, 5) is 14.3. The van der Waals surface area contributed by atoms with E-state index in [4.69, 9.17) is 9.47 Å². The Morgan fingerprint density at radius 3 is 2.89 bits per heavy atom. The molecule has 1 aromatic carbocycles. The van der Waals surface area contributed by atoms with E-state index in [-0.39, 0.29) is 6.54 Å². The fourth-order valence-corrected chi connectivity index (χ4v) is 3.57. The molecule has 0 aromatic heterocycles. The molecule has 0 bridgehead atoms. The van der Waals surface area contributed by atoms with Gasteiger partial charge in [-0.1, -0.05) is 12.1 Å². The van der Waals surface area contributed by atoms with Crippen molar-refractivity contribution in [3.63, 3.8) is 0 Å². The normalized spacial score (nSPS) is 22.4. The van der Waals surface area contributed by atoms with Gasteiger partial charge in [0.25, 0.3) is 5.92 Å². The molecule has 8 heteroatoms. The van der Waals surface area contributed by atoms with Gasteiger partial charge in [-0.05, 0) is 37.6 Å². The summed E-state index contributed by atoms with van der Waals surface area (Å²) in [7, 11) is 2.10. The average molecular weight is 397 g/mol. The van der Waals surface area contributed by atoms with Crippen molar-refractivity contribution in [2.24, 2.45) is 0 Å². The number of halogens is 2. The van der Waals surface area contributed by atoms with Gasteiger partial charge >= 0.3 is 0 Å². The monoisotopic (exact) mass is 397 g/mol. The highest BCUT2D eigenvalue weighted by Crippen LogP contribution is 2.25. The van der Waals surface area contributed by atoms with E-state index < -0.39 is 30.8 Å². The molecule has 2 aliphatic rings. The molecule has 156 valence electrons. The third-order valence-electron chi connectivity index (χ3n) is 5.32. The lowest BCUT2D eigenvalue weighted by Crippen LogP contribution is -2.40. The third-order valence-corrected chi connectivity index (χ3v) is 5.32. The molecular formula is C20H29F2N3O3. The summed E-state index contributed by atoms with van der Waals surface area (Å²) >= 11 is 0. The fourth-order valence-electron chi connectivity index (χ4n) is 3.57. The predicted octanol–water partition coefficient (Wildman–Crippen LogP) is 1.79. The number of alkyl halides is 2. The fraction of sp³-hybridized carbons (Fsp3) is 0.650. The first kappa shape index (κ1) is 21.0. The van der Waals surface area contributed by atoms with Crippen LogP contribution in [0, 0.1) is 0 Å². The lowest BCUT2D eigenvalue weighted by molar-refractivity contribution is -0.123. The Hall–Kier alpha value is -1.77. The maximum Gasteiger partial charge on any atom is 0.262 e. The van der Waals surface area contributed by atoms with Crippen LogP contribution in [0.2, 0.25) is 0 Å². The van der Waals surface area contributed by atoms with Crippen molar-refractivity contribution < 1.29 is 23.0 Å². The minimum atomic E-state index is -2.81. The summed E-state index contributed by atoms with van der Waals surface area (Å²) in [5.74, 6) is -2.48. The lowest BCUT2D eigenvalue weighted by Gasteiger charge is -2.31. The minimum absolute atomic E-state index is 0.280. The minimum Gasteiger partial charge on any atom is -0.492 e. The zero-order valence-electron chi connectivity index (χ0n) is 16.3. The van der Waals surface area contributed by atoms with Crippen LogP contribution in [0.15, 0.2) is 24.3 Å². The Labute approximate surface area is 164 Å². The van der Waals surface area contributed by atoms with Crippen molar-refractivity contribution in [1.29, 1.82) is 0 Å². The molecular weight excluding hydrogens is 368 g/mol. The SMILES string of the molecule is CN(CCOc1cccc(CNC(=O)C2CC(F)(F)CN2)c1)C1CCOCC1. The number of ether oxygens (including phenoxy) is 2. The van der Waals surface area contributed by atoms with E-state index in [9.17, 15) is 13.6 Å². The highest BCUT2D eigenvalue weighted by atomic mass is 19.3. The molecule has 3 rings (SSSR count). The van der Waals surface area contributed by atoms with E-state index in [0.29, 0.717) is 12.6 Å². The van der Waals surface area contributed by atoms with Crippen molar-refractivity contribution >= 4 is 5.91 Å². The van der Waals surface area contributed by atoms with E-state index in [1.165, 1.54) is 0 Å². The van der Waals surface area contributed by atoms with E-state index >= 15 is 0 Å². The van der Waals surface area contributed by atoms with Crippen LogP contribution >= 0.6 is 0 Å². The molecule has 2 N–H and O–H groups in total. The number of hydrogen-bond acceptors (Lipinski definition) is 5. The highest BCUT2D eigenvalue weighted by molar-refractivity contribution is 5.82. The molecule has 0 saturated carbocycles. The van der Waals surface area contributed by atoms with Crippen LogP contribution in [0.5, 0.6) is 5.75 Å². The standard InChI is InChI=1S/C20H29F2N3O3/c1-25(16-5-8-27-9-6-16)7-10-28-17-4-2-3-15(11-17)13-23-19(26)18-12-20(21,22)14-24-18/h2-4,11,16,18,24H,5-10,12-14H2,1H3,(H,23,26). The van der Waals surface area contributed by atoms with Crippen molar-refractivity contribution in [3.8, 4) is 5.75 Å². The quantitative estimate of drug-likeness (QED) is 0.700. The summed E-state index contributed by atoms with van der Waals surface area (Å²) in [6.45, 7) is 2.87. The van der Waals surface area contributed by atoms with Crippen molar-refractivity contribution in [2.45, 2.75) is 43.8 Å². The maximum absolute atomic E-state index is 13.2. The van der Waals surface area contributed by atoms with E-state index in [2.05, 4.69) is 22.6 Å². The van der Waals surface area contributed by atoms with Gasteiger partial charge < -0.3 is 14.8 Å². The van der Waals surface area contributed by atoms with Crippen LogP contribution in [0.1, 0.15) is 24.8 Å². The van der Waals surface area contributed by atoms with Gasteiger partial charge in [0.1, 0.15) is 12.4 Å². The second-order valence-electron chi connectivity index (χ2n) is 7.53. The molecule has 28 heavy (non-hydrogen) atoms. The van der Waals surface area contributed by atoms with E-state index in [0.717, 1.165) is 43.9 Å². The number of amides is 1. The molecule has 1 unspecified atom stereocenters. The molecule has 2 saturated heterocycles. The Bertz CT molecular complexity index is 653. The van der Waals surface area contributed by atoms with E-state index in [1.807, 2.05) is 24.3 Å². The Balaban J connectivity index is 1.40. The Morgan fingerprint density at radius 2 is 2.18 bits per heavy atom. The number of carbonyl (C=O) groups is 1. The molecule has 0 aliphatic carbocycles. The van der Waals surface area contributed by atoms with Crippen LogP contribution in [-0.2, 0) is 16.1 Å².